The summed E-state index contributed by atoms with van der Waals surface area (Å²) in [4.78, 5) is 12.9. The average Bonchev–Trinajstić information content (AvgIpc) is 3.30. The number of fused-ring (bicyclic) bond motifs is 4. The molecule has 1 N–H and O–H groups in total. The summed E-state index contributed by atoms with van der Waals surface area (Å²) in [5.41, 5.74) is 6.48. The van der Waals surface area contributed by atoms with E-state index in [1.54, 1.807) is 11.1 Å². The van der Waals surface area contributed by atoms with Crippen LogP contribution in [0, 0.1) is 28.6 Å². The fourth-order valence-electron chi connectivity index (χ4n) is 9.96. The number of nitrogens with zero attached hydrogens (tertiary/aromatic N) is 1. The van der Waals surface area contributed by atoms with E-state index >= 15 is 0 Å². The van der Waals surface area contributed by atoms with Crippen LogP contribution in [0.3, 0.4) is 0 Å². The topological polar surface area (TPSA) is 43.3 Å². The van der Waals surface area contributed by atoms with Gasteiger partial charge in [0.15, 0.2) is 0 Å². The molecule has 1 amide bonds. The molecule has 0 aliphatic heterocycles. The fraction of sp³-hybridized carbons (Fsp3) is 0.711. The Morgan fingerprint density at radius 3 is 2.56 bits per heavy atom. The van der Waals surface area contributed by atoms with Gasteiger partial charge in [-0.05, 0) is 122 Å². The van der Waals surface area contributed by atoms with Crippen molar-refractivity contribution in [1.82, 2.24) is 9.88 Å². The van der Waals surface area contributed by atoms with Crippen molar-refractivity contribution in [3.63, 3.8) is 0 Å². The number of aromatic nitrogens is 1. The Morgan fingerprint density at radius 1 is 1.12 bits per heavy atom. The summed E-state index contributed by atoms with van der Waals surface area (Å²) in [6.07, 6.45) is 12.3. The Bertz CT molecular complexity index is 1350. The summed E-state index contributed by atoms with van der Waals surface area (Å²) in [6.45, 7) is 22.8. The van der Waals surface area contributed by atoms with E-state index in [0.29, 0.717) is 23.0 Å². The maximum Gasteiger partial charge on any atom is 0.251 e. The fourth-order valence-corrected chi connectivity index (χ4v) is 13.0. The molecule has 2 saturated carbocycles. The summed E-state index contributed by atoms with van der Waals surface area (Å²) >= 11 is 0. The molecule has 1 heterocycles. The largest absolute Gasteiger partial charge is 0.412 e. The first kappa shape index (κ1) is 32.5. The number of aryl methyl sites for hydroxylation is 1. The molecular weight excluding hydrogens is 545 g/mol. The molecule has 0 saturated heterocycles. The molecule has 5 atom stereocenters. The number of carbonyl (C=O) groups is 1. The van der Waals surface area contributed by atoms with Crippen LogP contribution in [0.25, 0.3) is 10.9 Å². The minimum atomic E-state index is -0.925. The first-order chi connectivity index (χ1) is 20.1. The van der Waals surface area contributed by atoms with E-state index in [4.69, 9.17) is 4.43 Å². The first-order valence-corrected chi connectivity index (χ1v) is 18.7. The Hall–Kier alpha value is -1.85. The second-order valence-electron chi connectivity index (χ2n) is 16.5. The number of carbonyl (C=O) groups excluding carboxylic acids is 1. The molecule has 2 fully saturated rings. The van der Waals surface area contributed by atoms with E-state index in [0.717, 1.165) is 47.7 Å². The highest BCUT2D eigenvalue weighted by atomic mass is 28.3. The van der Waals surface area contributed by atoms with Gasteiger partial charge >= 0.3 is 0 Å². The highest BCUT2D eigenvalue weighted by Crippen LogP contribution is 2.65. The molecule has 0 bridgehead atoms. The van der Waals surface area contributed by atoms with Crippen molar-refractivity contribution in [2.24, 2.45) is 35.6 Å². The molecule has 1 aromatic heterocycles. The molecule has 3 aliphatic carbocycles. The lowest BCUT2D eigenvalue weighted by atomic mass is 9.43. The number of allylic oxidation sites excluding steroid dienone is 2. The Labute approximate surface area is 264 Å². The minimum absolute atomic E-state index is 0.0422. The van der Waals surface area contributed by atoms with Crippen LogP contribution in [0.4, 0.5) is 0 Å². The zero-order chi connectivity index (χ0) is 31.3. The van der Waals surface area contributed by atoms with Crippen molar-refractivity contribution >= 4 is 25.9 Å². The van der Waals surface area contributed by atoms with Crippen molar-refractivity contribution in [2.45, 2.75) is 130 Å². The number of nitrogens with one attached hydrogen (secondary N) is 1. The highest BCUT2D eigenvalue weighted by molar-refractivity contribution is 6.56. The highest BCUT2D eigenvalue weighted by Gasteiger charge is 2.59. The summed E-state index contributed by atoms with van der Waals surface area (Å²) in [6, 6.07) is 8.08. The van der Waals surface area contributed by atoms with Gasteiger partial charge in [0.2, 0.25) is 9.04 Å². The first-order valence-electron chi connectivity index (χ1n) is 17.2. The average molecular weight is 604 g/mol. The molecular formula is C38H59N2O2Si. The predicted octanol–water partition coefficient (Wildman–Crippen LogP) is 9.85. The molecule has 43 heavy (non-hydrogen) atoms. The molecule has 2 aromatic rings. The van der Waals surface area contributed by atoms with Crippen LogP contribution in [0.1, 0.15) is 124 Å². The van der Waals surface area contributed by atoms with Crippen molar-refractivity contribution < 1.29 is 9.22 Å². The van der Waals surface area contributed by atoms with Crippen molar-refractivity contribution in [3.05, 3.63) is 47.2 Å². The van der Waals surface area contributed by atoms with Crippen molar-refractivity contribution in [3.8, 4) is 0 Å². The minimum Gasteiger partial charge on any atom is -0.412 e. The van der Waals surface area contributed by atoms with Gasteiger partial charge in [-0.1, -0.05) is 66.5 Å². The molecule has 237 valence electrons. The number of amides is 1. The maximum atomic E-state index is 12.9. The van der Waals surface area contributed by atoms with E-state index in [2.05, 4.69) is 78.3 Å². The third kappa shape index (κ3) is 6.19. The van der Waals surface area contributed by atoms with Crippen LogP contribution >= 0.6 is 0 Å². The second-order valence-corrected chi connectivity index (χ2v) is 20.1. The van der Waals surface area contributed by atoms with Gasteiger partial charge in [0.25, 0.3) is 5.91 Å². The van der Waals surface area contributed by atoms with Crippen molar-refractivity contribution in [2.75, 3.05) is 6.54 Å². The Morgan fingerprint density at radius 2 is 1.86 bits per heavy atom. The molecule has 1 aromatic carbocycles. The lowest BCUT2D eigenvalue weighted by molar-refractivity contribution is -0.143. The lowest BCUT2D eigenvalue weighted by Gasteiger charge is -2.63. The maximum absolute atomic E-state index is 12.9. The van der Waals surface area contributed by atoms with E-state index < -0.39 is 9.04 Å². The van der Waals surface area contributed by atoms with Gasteiger partial charge in [0, 0.05) is 36.3 Å². The van der Waals surface area contributed by atoms with Gasteiger partial charge in [-0.25, -0.2) is 0 Å². The molecule has 4 nitrogen and oxygen atoms in total. The molecule has 1 radical (unpaired) electrons. The van der Waals surface area contributed by atoms with Crippen LogP contribution in [0.5, 0.6) is 0 Å². The van der Waals surface area contributed by atoms with E-state index in [-0.39, 0.29) is 16.4 Å². The van der Waals surface area contributed by atoms with Crippen LogP contribution in [-0.4, -0.2) is 32.2 Å². The van der Waals surface area contributed by atoms with Gasteiger partial charge < -0.3 is 14.3 Å². The van der Waals surface area contributed by atoms with E-state index in [9.17, 15) is 4.79 Å². The van der Waals surface area contributed by atoms with E-state index in [1.807, 2.05) is 31.4 Å². The van der Waals surface area contributed by atoms with Crippen LogP contribution < -0.4 is 5.32 Å². The van der Waals surface area contributed by atoms with Crippen LogP contribution in [-0.2, 0) is 11.5 Å². The zero-order valence-corrected chi connectivity index (χ0v) is 29.9. The summed E-state index contributed by atoms with van der Waals surface area (Å²) in [7, 11) is 1.12. The second kappa shape index (κ2) is 12.2. The summed E-state index contributed by atoms with van der Waals surface area (Å²) in [5.74, 6) is 2.25. The smallest absolute Gasteiger partial charge is 0.251 e. The number of rotatable bonds is 8. The third-order valence-corrected chi connectivity index (χ3v) is 15.0. The van der Waals surface area contributed by atoms with Crippen LogP contribution in [0.15, 0.2) is 41.6 Å². The van der Waals surface area contributed by atoms with Gasteiger partial charge in [0.1, 0.15) is 0 Å². The molecule has 5 rings (SSSR count). The quantitative estimate of drug-likeness (QED) is 0.185. The molecule has 0 unspecified atom stereocenters. The number of benzene rings is 1. The Kier molecular flexibility index (Phi) is 9.20. The third-order valence-electron chi connectivity index (χ3n) is 12.0. The van der Waals surface area contributed by atoms with Gasteiger partial charge in [-0.15, -0.1) is 0 Å². The van der Waals surface area contributed by atoms with Crippen molar-refractivity contribution in [1.29, 1.82) is 0 Å². The molecule has 3 aliphatic rings. The SMILES string of the molecule is CC1=C(CCCNC(=O)c2ccc3c(ccn3C)c2)[C@@H]2CC[C@H]3C(C)(C)[C@@H](O[Si](C(C)C)C(C)(C)C)CC[C@]3(C)[C@H]2CC1. The Balaban J connectivity index is 1.22. The molecule has 0 spiro atoms. The van der Waals surface area contributed by atoms with Gasteiger partial charge in [0.05, 0.1) is 6.10 Å². The van der Waals surface area contributed by atoms with E-state index in [1.165, 1.54) is 38.5 Å². The monoisotopic (exact) mass is 603 g/mol. The standard InChI is InChI=1S/C38H59N2O2Si/c1-25(2)43(36(4,5)6)42-34-19-21-38(9)31-16-13-26(3)29(30(31)15-18-33(38)37(34,7)8)12-11-22-39-35(41)28-14-17-32-27(24-28)20-23-40(32)10/h14,17,20,23-25,30-31,33-34H,11-13,15-16,18-19,21-22H2,1-10H3,(H,39,41)/t30-,31-,33-,34-,38+/m0/s1. The van der Waals surface area contributed by atoms with Gasteiger partial charge in [-0.3, -0.25) is 4.79 Å². The normalized spacial score (nSPS) is 29.2. The summed E-state index contributed by atoms with van der Waals surface area (Å²) < 4.78 is 9.29. The van der Waals surface area contributed by atoms with Crippen LogP contribution in [0.2, 0.25) is 10.6 Å². The predicted molar refractivity (Wildman–Crippen MR) is 183 cm³/mol. The molecule has 5 heteroatoms. The number of hydrogen-bond donors (Lipinski definition) is 1. The lowest BCUT2D eigenvalue weighted by Crippen LogP contribution is -2.58. The summed E-state index contributed by atoms with van der Waals surface area (Å²) in [5, 5.41) is 4.59. The number of hydrogen-bond acceptors (Lipinski definition) is 2. The zero-order valence-electron chi connectivity index (χ0n) is 28.9. The van der Waals surface area contributed by atoms with Gasteiger partial charge in [-0.2, -0.15) is 0 Å².